The summed E-state index contributed by atoms with van der Waals surface area (Å²) in [5.41, 5.74) is 1.60. The first kappa shape index (κ1) is 16.9. The van der Waals surface area contributed by atoms with E-state index in [4.69, 9.17) is 9.52 Å². The SMILES string of the molecule is COC(=O)c1ccc(/C=C(/CCC(=O)O)c2nc3ccccc3s2)o1. The third kappa shape index (κ3) is 3.95. The number of aliphatic carboxylic acids is 1. The van der Waals surface area contributed by atoms with Crippen molar-refractivity contribution in [2.45, 2.75) is 12.8 Å². The zero-order valence-electron chi connectivity index (χ0n) is 13.4. The summed E-state index contributed by atoms with van der Waals surface area (Å²) in [5, 5.41) is 9.73. The van der Waals surface area contributed by atoms with Crippen LogP contribution >= 0.6 is 11.3 Å². The van der Waals surface area contributed by atoms with Gasteiger partial charge in [0.1, 0.15) is 10.8 Å². The normalized spacial score (nSPS) is 11.6. The Morgan fingerprint density at radius 3 is 2.76 bits per heavy atom. The number of rotatable bonds is 6. The third-order valence-electron chi connectivity index (χ3n) is 3.51. The van der Waals surface area contributed by atoms with E-state index in [-0.39, 0.29) is 12.2 Å². The topological polar surface area (TPSA) is 89.6 Å². The van der Waals surface area contributed by atoms with E-state index in [0.29, 0.717) is 12.2 Å². The van der Waals surface area contributed by atoms with Gasteiger partial charge in [-0.15, -0.1) is 11.3 Å². The molecule has 6 nitrogen and oxygen atoms in total. The van der Waals surface area contributed by atoms with Crippen LogP contribution in [0.2, 0.25) is 0 Å². The number of nitrogens with zero attached hydrogens (tertiary/aromatic N) is 1. The average Bonchev–Trinajstić information content (AvgIpc) is 3.24. The number of carbonyl (C=O) groups excluding carboxylic acids is 1. The number of hydrogen-bond donors (Lipinski definition) is 1. The maximum Gasteiger partial charge on any atom is 0.373 e. The lowest BCUT2D eigenvalue weighted by Crippen LogP contribution is -1.98. The second-order valence-corrected chi connectivity index (χ2v) is 6.27. The molecule has 0 aliphatic heterocycles. The Morgan fingerprint density at radius 2 is 2.04 bits per heavy atom. The van der Waals surface area contributed by atoms with E-state index in [0.717, 1.165) is 20.8 Å². The summed E-state index contributed by atoms with van der Waals surface area (Å²) in [6.45, 7) is 0. The fourth-order valence-corrected chi connectivity index (χ4v) is 3.31. The molecule has 7 heteroatoms. The highest BCUT2D eigenvalue weighted by Gasteiger charge is 2.14. The van der Waals surface area contributed by atoms with Gasteiger partial charge in [-0.2, -0.15) is 0 Å². The van der Waals surface area contributed by atoms with Crippen LogP contribution < -0.4 is 0 Å². The number of aromatic nitrogens is 1. The highest BCUT2D eigenvalue weighted by molar-refractivity contribution is 7.19. The molecule has 0 amide bonds. The first-order valence-electron chi connectivity index (χ1n) is 7.53. The van der Waals surface area contributed by atoms with Gasteiger partial charge in [-0.25, -0.2) is 9.78 Å². The van der Waals surface area contributed by atoms with Gasteiger partial charge in [-0.1, -0.05) is 12.1 Å². The van der Waals surface area contributed by atoms with Crippen LogP contribution in [0.3, 0.4) is 0 Å². The van der Waals surface area contributed by atoms with E-state index in [2.05, 4.69) is 9.72 Å². The van der Waals surface area contributed by atoms with E-state index < -0.39 is 11.9 Å². The molecule has 2 aromatic heterocycles. The van der Waals surface area contributed by atoms with Gasteiger partial charge in [0.05, 0.1) is 17.3 Å². The molecule has 0 fully saturated rings. The number of carboxylic acid groups (broad SMARTS) is 1. The molecule has 0 unspecified atom stereocenters. The number of thiazole rings is 1. The van der Waals surface area contributed by atoms with Gasteiger partial charge in [-0.05, 0) is 42.3 Å². The van der Waals surface area contributed by atoms with E-state index in [1.54, 1.807) is 12.1 Å². The zero-order chi connectivity index (χ0) is 17.8. The van der Waals surface area contributed by atoms with E-state index in [9.17, 15) is 9.59 Å². The van der Waals surface area contributed by atoms with Crippen LogP contribution in [0.15, 0.2) is 40.8 Å². The number of esters is 1. The van der Waals surface area contributed by atoms with Gasteiger partial charge < -0.3 is 14.3 Å². The van der Waals surface area contributed by atoms with Crippen molar-refractivity contribution in [1.29, 1.82) is 0 Å². The molecule has 0 saturated heterocycles. The van der Waals surface area contributed by atoms with Crippen molar-refractivity contribution < 1.29 is 23.8 Å². The Balaban J connectivity index is 1.97. The predicted octanol–water partition coefficient (Wildman–Crippen LogP) is 4.08. The van der Waals surface area contributed by atoms with E-state index in [1.807, 2.05) is 24.3 Å². The lowest BCUT2D eigenvalue weighted by Gasteiger charge is -2.01. The van der Waals surface area contributed by atoms with Crippen molar-refractivity contribution in [3.8, 4) is 0 Å². The number of hydrogen-bond acceptors (Lipinski definition) is 6. The Kier molecular flexibility index (Phi) is 4.95. The van der Waals surface area contributed by atoms with Gasteiger partial charge in [-0.3, -0.25) is 4.79 Å². The molecule has 0 aliphatic carbocycles. The molecule has 3 rings (SSSR count). The molecule has 0 aliphatic rings. The van der Waals surface area contributed by atoms with Gasteiger partial charge in [0.15, 0.2) is 0 Å². The summed E-state index contributed by atoms with van der Waals surface area (Å²) in [4.78, 5) is 27.0. The summed E-state index contributed by atoms with van der Waals surface area (Å²) < 4.78 is 11.1. The van der Waals surface area contributed by atoms with Crippen LogP contribution in [0.1, 0.15) is 34.2 Å². The summed E-state index contributed by atoms with van der Waals surface area (Å²) in [5.74, 6) is -0.913. The molecule has 0 spiro atoms. The average molecular weight is 357 g/mol. The summed E-state index contributed by atoms with van der Waals surface area (Å²) in [7, 11) is 1.28. The molecule has 0 bridgehead atoms. The van der Waals surface area contributed by atoms with Gasteiger partial charge in [0.25, 0.3) is 0 Å². The van der Waals surface area contributed by atoms with Crippen LogP contribution in [-0.2, 0) is 9.53 Å². The molecule has 0 atom stereocenters. The Bertz CT molecular complexity index is 920. The molecule has 3 aromatic rings. The molecule has 1 aromatic carbocycles. The summed E-state index contributed by atoms with van der Waals surface area (Å²) in [6, 6.07) is 10.9. The second kappa shape index (κ2) is 7.31. The van der Waals surface area contributed by atoms with E-state index in [1.165, 1.54) is 24.5 Å². The van der Waals surface area contributed by atoms with E-state index >= 15 is 0 Å². The van der Waals surface area contributed by atoms with Crippen LogP contribution in [0.25, 0.3) is 21.9 Å². The van der Waals surface area contributed by atoms with Crippen molar-refractivity contribution in [3.05, 3.63) is 52.9 Å². The number of methoxy groups -OCH3 is 1. The maximum atomic E-state index is 11.5. The Labute approximate surface area is 147 Å². The number of furan rings is 1. The first-order valence-corrected chi connectivity index (χ1v) is 8.35. The van der Waals surface area contributed by atoms with Gasteiger partial charge in [0.2, 0.25) is 5.76 Å². The molecule has 25 heavy (non-hydrogen) atoms. The van der Waals surface area contributed by atoms with Crippen molar-refractivity contribution in [3.63, 3.8) is 0 Å². The zero-order valence-corrected chi connectivity index (χ0v) is 14.2. The molecule has 1 N–H and O–H groups in total. The lowest BCUT2D eigenvalue weighted by atomic mass is 10.1. The van der Waals surface area contributed by atoms with Crippen LogP contribution in [0, 0.1) is 0 Å². The Hall–Kier alpha value is -2.93. The van der Waals surface area contributed by atoms with Crippen molar-refractivity contribution >= 4 is 45.1 Å². The summed E-state index contributed by atoms with van der Waals surface area (Å²) >= 11 is 1.49. The van der Waals surface area contributed by atoms with Crippen molar-refractivity contribution in [2.24, 2.45) is 0 Å². The second-order valence-electron chi connectivity index (χ2n) is 5.24. The smallest absolute Gasteiger partial charge is 0.373 e. The number of allylic oxidation sites excluding steroid dienone is 1. The molecule has 128 valence electrons. The standard InChI is InChI=1S/C18H15NO5S/c1-23-18(22)14-8-7-12(24-14)10-11(6-9-16(20)21)17-19-13-4-2-3-5-15(13)25-17/h2-5,7-8,10H,6,9H2,1H3,(H,20,21)/b11-10-. The van der Waals surface area contributed by atoms with Crippen molar-refractivity contribution in [2.75, 3.05) is 7.11 Å². The largest absolute Gasteiger partial charge is 0.481 e. The summed E-state index contributed by atoms with van der Waals surface area (Å²) in [6.07, 6.45) is 2.00. The number of fused-ring (bicyclic) bond motifs is 1. The minimum Gasteiger partial charge on any atom is -0.481 e. The molecular formula is C18H15NO5S. The van der Waals surface area contributed by atoms with Gasteiger partial charge >= 0.3 is 11.9 Å². The maximum absolute atomic E-state index is 11.5. The predicted molar refractivity (Wildman–Crippen MR) is 94.4 cm³/mol. The van der Waals surface area contributed by atoms with Crippen LogP contribution in [0.5, 0.6) is 0 Å². The van der Waals surface area contributed by atoms with Crippen molar-refractivity contribution in [1.82, 2.24) is 4.98 Å². The first-order chi connectivity index (χ1) is 12.1. The number of ether oxygens (including phenoxy) is 1. The minimum atomic E-state index is -0.887. The number of benzene rings is 1. The molecule has 0 saturated carbocycles. The fraction of sp³-hybridized carbons (Fsp3) is 0.167. The lowest BCUT2D eigenvalue weighted by molar-refractivity contribution is -0.136. The highest BCUT2D eigenvalue weighted by Crippen LogP contribution is 2.31. The number of para-hydroxylation sites is 1. The van der Waals surface area contributed by atoms with Gasteiger partial charge in [0, 0.05) is 6.42 Å². The monoisotopic (exact) mass is 357 g/mol. The third-order valence-corrected chi connectivity index (χ3v) is 4.62. The molecular weight excluding hydrogens is 342 g/mol. The number of carbonyl (C=O) groups is 2. The minimum absolute atomic E-state index is 0.0215. The molecule has 0 radical (unpaired) electrons. The Morgan fingerprint density at radius 1 is 1.24 bits per heavy atom. The quantitative estimate of drug-likeness (QED) is 0.669. The molecule has 2 heterocycles. The highest BCUT2D eigenvalue weighted by atomic mass is 32.1. The number of carboxylic acids is 1. The fourth-order valence-electron chi connectivity index (χ4n) is 2.30. The van der Waals surface area contributed by atoms with Crippen LogP contribution in [-0.4, -0.2) is 29.1 Å². The van der Waals surface area contributed by atoms with Crippen LogP contribution in [0.4, 0.5) is 0 Å².